The molecule has 1 aliphatic rings. The molecule has 0 spiro atoms. The van der Waals surface area contributed by atoms with E-state index in [-0.39, 0.29) is 5.92 Å². The Kier molecular flexibility index (Phi) is 5.06. The summed E-state index contributed by atoms with van der Waals surface area (Å²) in [4.78, 5) is 2.45. The average molecular weight is 277 g/mol. The lowest BCUT2D eigenvalue weighted by atomic mass is 9.93. The van der Waals surface area contributed by atoms with Crippen LogP contribution >= 0.6 is 0 Å². The van der Waals surface area contributed by atoms with Crippen LogP contribution in [0.25, 0.3) is 0 Å². The smallest absolute Gasteiger partial charge is 0.127 e. The third-order valence-corrected chi connectivity index (χ3v) is 4.25. The monoisotopic (exact) mass is 277 g/mol. The van der Waals surface area contributed by atoms with Crippen LogP contribution in [0.3, 0.4) is 0 Å². The molecule has 1 aliphatic heterocycles. The van der Waals surface area contributed by atoms with E-state index in [1.807, 2.05) is 6.92 Å². The van der Waals surface area contributed by atoms with Crippen LogP contribution in [0.4, 0.5) is 0 Å². The van der Waals surface area contributed by atoms with Crippen molar-refractivity contribution >= 4 is 0 Å². The van der Waals surface area contributed by atoms with E-state index in [2.05, 4.69) is 30.9 Å². The van der Waals surface area contributed by atoms with Crippen LogP contribution < -0.4 is 4.74 Å². The zero-order valence-electron chi connectivity index (χ0n) is 13.1. The van der Waals surface area contributed by atoms with Gasteiger partial charge in [-0.3, -0.25) is 0 Å². The van der Waals surface area contributed by atoms with Crippen molar-refractivity contribution in [2.45, 2.75) is 39.7 Å². The molecule has 0 radical (unpaired) electrons. The highest BCUT2D eigenvalue weighted by atomic mass is 16.5. The maximum Gasteiger partial charge on any atom is 0.127 e. The summed E-state index contributed by atoms with van der Waals surface area (Å²) in [7, 11) is 1.68. The molecule has 1 fully saturated rings. The quantitative estimate of drug-likeness (QED) is 0.898. The Labute approximate surface area is 122 Å². The fraction of sp³-hybridized carbons (Fsp3) is 0.647. The van der Waals surface area contributed by atoms with Crippen LogP contribution in [-0.4, -0.2) is 36.8 Å². The summed E-state index contributed by atoms with van der Waals surface area (Å²) in [5, 5.41) is 10.7. The van der Waals surface area contributed by atoms with Crippen LogP contribution in [0.2, 0.25) is 0 Å². The van der Waals surface area contributed by atoms with Crippen LogP contribution in [0.1, 0.15) is 42.6 Å². The number of hydrogen-bond acceptors (Lipinski definition) is 3. The molecule has 0 saturated carbocycles. The molecule has 20 heavy (non-hydrogen) atoms. The van der Waals surface area contributed by atoms with Gasteiger partial charge in [0.2, 0.25) is 0 Å². The van der Waals surface area contributed by atoms with Gasteiger partial charge >= 0.3 is 0 Å². The van der Waals surface area contributed by atoms with E-state index in [9.17, 15) is 5.11 Å². The number of aliphatic hydroxyl groups excluding tert-OH is 1. The zero-order valence-corrected chi connectivity index (χ0v) is 13.1. The minimum atomic E-state index is -0.468. The van der Waals surface area contributed by atoms with Crippen molar-refractivity contribution in [1.29, 1.82) is 0 Å². The Bertz CT molecular complexity index is 453. The molecule has 1 heterocycles. The van der Waals surface area contributed by atoms with Crippen LogP contribution in [-0.2, 0) is 0 Å². The van der Waals surface area contributed by atoms with Crippen molar-refractivity contribution < 1.29 is 9.84 Å². The summed E-state index contributed by atoms with van der Waals surface area (Å²) in [6, 6.07) is 4.15. The molecule has 1 N–H and O–H groups in total. The number of benzene rings is 1. The number of rotatable bonds is 5. The Morgan fingerprint density at radius 3 is 2.50 bits per heavy atom. The molecule has 2 atom stereocenters. The number of aliphatic hydroxyl groups is 1. The normalized spacial score (nSPS) is 19.1. The fourth-order valence-corrected chi connectivity index (χ4v) is 3.26. The molecule has 112 valence electrons. The van der Waals surface area contributed by atoms with Crippen molar-refractivity contribution in [3.63, 3.8) is 0 Å². The standard InChI is InChI=1S/C17H27NO2/c1-12-9-13(2)17(20-4)15(10-12)16(19)14(3)11-18-7-5-6-8-18/h9-10,14,16,19H,5-8,11H2,1-4H3. The van der Waals surface area contributed by atoms with Crippen molar-refractivity contribution in [3.8, 4) is 5.75 Å². The maximum atomic E-state index is 10.7. The van der Waals surface area contributed by atoms with Gasteiger partial charge in [-0.2, -0.15) is 0 Å². The second-order valence-corrected chi connectivity index (χ2v) is 6.13. The van der Waals surface area contributed by atoms with Gasteiger partial charge in [-0.05, 0) is 57.3 Å². The van der Waals surface area contributed by atoms with E-state index in [0.717, 1.165) is 23.4 Å². The number of methoxy groups -OCH3 is 1. The first-order chi connectivity index (χ1) is 9.52. The summed E-state index contributed by atoms with van der Waals surface area (Å²) < 4.78 is 5.50. The van der Waals surface area contributed by atoms with Crippen LogP contribution in [0.5, 0.6) is 5.75 Å². The number of likely N-dealkylation sites (tertiary alicyclic amines) is 1. The highest BCUT2D eigenvalue weighted by Crippen LogP contribution is 2.34. The predicted octanol–water partition coefficient (Wildman–Crippen LogP) is 3.08. The molecule has 3 heteroatoms. The van der Waals surface area contributed by atoms with E-state index in [4.69, 9.17) is 4.74 Å². The van der Waals surface area contributed by atoms with Crippen LogP contribution in [0.15, 0.2) is 12.1 Å². The third-order valence-electron chi connectivity index (χ3n) is 4.25. The number of hydrogen-bond donors (Lipinski definition) is 1. The Morgan fingerprint density at radius 2 is 1.90 bits per heavy atom. The van der Waals surface area contributed by atoms with Gasteiger partial charge in [0.25, 0.3) is 0 Å². The van der Waals surface area contributed by atoms with Crippen molar-refractivity contribution in [2.75, 3.05) is 26.7 Å². The van der Waals surface area contributed by atoms with Gasteiger partial charge in [0.1, 0.15) is 5.75 Å². The maximum absolute atomic E-state index is 10.7. The molecule has 0 amide bonds. The Balaban J connectivity index is 2.16. The molecular formula is C17H27NO2. The Morgan fingerprint density at radius 1 is 1.25 bits per heavy atom. The summed E-state index contributed by atoms with van der Waals surface area (Å²) in [5.41, 5.74) is 3.19. The third kappa shape index (κ3) is 3.33. The molecule has 1 saturated heterocycles. The first kappa shape index (κ1) is 15.3. The van der Waals surface area contributed by atoms with Gasteiger partial charge in [-0.25, -0.2) is 0 Å². The second kappa shape index (κ2) is 6.59. The lowest BCUT2D eigenvalue weighted by Crippen LogP contribution is -2.28. The molecule has 1 aromatic carbocycles. The molecule has 0 bridgehead atoms. The highest BCUT2D eigenvalue weighted by Gasteiger charge is 2.24. The SMILES string of the molecule is COc1c(C)cc(C)cc1C(O)C(C)CN1CCCC1. The van der Waals surface area contributed by atoms with E-state index < -0.39 is 6.10 Å². The molecule has 2 unspecified atom stereocenters. The Hall–Kier alpha value is -1.06. The minimum Gasteiger partial charge on any atom is -0.496 e. The number of ether oxygens (including phenoxy) is 1. The molecule has 2 rings (SSSR count). The average Bonchev–Trinajstić information content (AvgIpc) is 2.89. The van der Waals surface area contributed by atoms with Gasteiger partial charge in [0, 0.05) is 12.1 Å². The zero-order chi connectivity index (χ0) is 14.7. The topological polar surface area (TPSA) is 32.7 Å². The largest absolute Gasteiger partial charge is 0.496 e. The molecule has 3 nitrogen and oxygen atoms in total. The fourth-order valence-electron chi connectivity index (χ4n) is 3.26. The number of aryl methyl sites for hydroxylation is 2. The highest BCUT2D eigenvalue weighted by molar-refractivity contribution is 5.45. The lowest BCUT2D eigenvalue weighted by Gasteiger charge is -2.26. The lowest BCUT2D eigenvalue weighted by molar-refractivity contribution is 0.0920. The van der Waals surface area contributed by atoms with Crippen molar-refractivity contribution in [3.05, 3.63) is 28.8 Å². The second-order valence-electron chi connectivity index (χ2n) is 6.13. The van der Waals surface area contributed by atoms with E-state index >= 15 is 0 Å². The first-order valence-corrected chi connectivity index (χ1v) is 7.58. The van der Waals surface area contributed by atoms with Crippen molar-refractivity contribution in [1.82, 2.24) is 4.90 Å². The van der Waals surface area contributed by atoms with Gasteiger partial charge in [-0.15, -0.1) is 0 Å². The van der Waals surface area contributed by atoms with Gasteiger partial charge < -0.3 is 14.7 Å². The van der Waals surface area contributed by atoms with E-state index in [0.29, 0.717) is 0 Å². The molecular weight excluding hydrogens is 250 g/mol. The van der Waals surface area contributed by atoms with Gasteiger partial charge in [0.15, 0.2) is 0 Å². The van der Waals surface area contributed by atoms with Gasteiger partial charge in [-0.1, -0.05) is 18.6 Å². The molecule has 1 aromatic rings. The molecule has 0 aromatic heterocycles. The van der Waals surface area contributed by atoms with E-state index in [1.54, 1.807) is 7.11 Å². The summed E-state index contributed by atoms with van der Waals surface area (Å²) >= 11 is 0. The van der Waals surface area contributed by atoms with Crippen molar-refractivity contribution in [2.24, 2.45) is 5.92 Å². The van der Waals surface area contributed by atoms with Gasteiger partial charge in [0.05, 0.1) is 13.2 Å². The summed E-state index contributed by atoms with van der Waals surface area (Å²) in [5.74, 6) is 1.04. The van der Waals surface area contributed by atoms with Crippen LogP contribution in [0, 0.1) is 19.8 Å². The minimum absolute atomic E-state index is 0.211. The summed E-state index contributed by atoms with van der Waals surface area (Å²) in [6.07, 6.45) is 2.11. The summed E-state index contributed by atoms with van der Waals surface area (Å²) in [6.45, 7) is 9.51. The molecule has 0 aliphatic carbocycles. The van der Waals surface area contributed by atoms with E-state index in [1.165, 1.54) is 31.5 Å². The first-order valence-electron chi connectivity index (χ1n) is 7.58. The predicted molar refractivity (Wildman–Crippen MR) is 82.3 cm³/mol. The number of nitrogens with zero attached hydrogens (tertiary/aromatic N) is 1.